The standard InChI is InChI=1S/C20H24FN3O3S/c21-17-3-1-15(2-4-17)18(24-8-10-27-11-9-24)13-23-19(25)5-7-22-20(26)16-6-12-28-14-16/h1-4,6,12,14,18H,5,7-11,13H2,(H,22,26)(H,23,25). The van der Waals surface area contributed by atoms with Crippen LogP contribution in [0.3, 0.4) is 0 Å². The Morgan fingerprint density at radius 3 is 2.57 bits per heavy atom. The average Bonchev–Trinajstić information content (AvgIpc) is 3.25. The summed E-state index contributed by atoms with van der Waals surface area (Å²) in [5, 5.41) is 9.29. The number of amides is 2. The van der Waals surface area contributed by atoms with E-state index in [-0.39, 0.29) is 36.6 Å². The second kappa shape index (κ2) is 10.3. The predicted molar refractivity (Wildman–Crippen MR) is 106 cm³/mol. The summed E-state index contributed by atoms with van der Waals surface area (Å²) in [5.41, 5.74) is 1.56. The topological polar surface area (TPSA) is 70.7 Å². The number of hydrogen-bond acceptors (Lipinski definition) is 5. The van der Waals surface area contributed by atoms with Crippen molar-refractivity contribution in [3.63, 3.8) is 0 Å². The van der Waals surface area contributed by atoms with Crippen molar-refractivity contribution < 1.29 is 18.7 Å². The first-order valence-corrected chi connectivity index (χ1v) is 10.2. The Balaban J connectivity index is 1.50. The van der Waals surface area contributed by atoms with Gasteiger partial charge in [0.25, 0.3) is 5.91 Å². The third kappa shape index (κ3) is 5.85. The Hall–Kier alpha value is -2.29. The number of nitrogens with zero attached hydrogens (tertiary/aromatic N) is 1. The number of ether oxygens (including phenoxy) is 1. The molecule has 6 nitrogen and oxygen atoms in total. The number of carbonyl (C=O) groups excluding carboxylic acids is 2. The maximum atomic E-state index is 13.3. The van der Waals surface area contributed by atoms with Crippen molar-refractivity contribution in [3.05, 3.63) is 58.0 Å². The van der Waals surface area contributed by atoms with Crippen molar-refractivity contribution in [1.29, 1.82) is 0 Å². The quantitative estimate of drug-likeness (QED) is 0.706. The molecule has 1 aromatic heterocycles. The first-order chi connectivity index (χ1) is 13.6. The number of rotatable bonds is 8. The van der Waals surface area contributed by atoms with Gasteiger partial charge in [-0.2, -0.15) is 11.3 Å². The number of thiophene rings is 1. The van der Waals surface area contributed by atoms with Crippen LogP contribution in [0.2, 0.25) is 0 Å². The van der Waals surface area contributed by atoms with Gasteiger partial charge in [-0.15, -0.1) is 0 Å². The zero-order valence-corrected chi connectivity index (χ0v) is 16.3. The molecular weight excluding hydrogens is 381 g/mol. The first-order valence-electron chi connectivity index (χ1n) is 9.28. The van der Waals surface area contributed by atoms with Crippen LogP contribution in [0.1, 0.15) is 28.4 Å². The molecule has 0 saturated carbocycles. The van der Waals surface area contributed by atoms with Gasteiger partial charge in [0.15, 0.2) is 0 Å². The summed E-state index contributed by atoms with van der Waals surface area (Å²) in [7, 11) is 0. The van der Waals surface area contributed by atoms with Gasteiger partial charge in [-0.25, -0.2) is 4.39 Å². The summed E-state index contributed by atoms with van der Waals surface area (Å²) in [5.74, 6) is -0.590. The third-order valence-corrected chi connectivity index (χ3v) is 5.34. The van der Waals surface area contributed by atoms with Crippen LogP contribution in [0.15, 0.2) is 41.1 Å². The fourth-order valence-corrected chi connectivity index (χ4v) is 3.75. The number of benzene rings is 1. The summed E-state index contributed by atoms with van der Waals surface area (Å²) >= 11 is 1.45. The van der Waals surface area contributed by atoms with E-state index in [1.54, 1.807) is 23.6 Å². The molecule has 2 heterocycles. The second-order valence-electron chi connectivity index (χ2n) is 6.54. The SMILES string of the molecule is O=C(CCNC(=O)c1ccsc1)NCC(c1ccc(F)cc1)N1CCOCC1. The monoisotopic (exact) mass is 405 g/mol. The van der Waals surface area contributed by atoms with Crippen LogP contribution in [-0.2, 0) is 9.53 Å². The van der Waals surface area contributed by atoms with E-state index in [9.17, 15) is 14.0 Å². The molecule has 2 amide bonds. The largest absolute Gasteiger partial charge is 0.379 e. The Morgan fingerprint density at radius 1 is 1.14 bits per heavy atom. The lowest BCUT2D eigenvalue weighted by molar-refractivity contribution is -0.121. The lowest BCUT2D eigenvalue weighted by Gasteiger charge is -2.35. The number of morpholine rings is 1. The molecule has 150 valence electrons. The van der Waals surface area contributed by atoms with Crippen molar-refractivity contribution in [2.75, 3.05) is 39.4 Å². The van der Waals surface area contributed by atoms with E-state index in [2.05, 4.69) is 15.5 Å². The van der Waals surface area contributed by atoms with Gasteiger partial charge >= 0.3 is 0 Å². The molecule has 3 rings (SSSR count). The van der Waals surface area contributed by atoms with Gasteiger partial charge in [0, 0.05) is 43.5 Å². The fraction of sp³-hybridized carbons (Fsp3) is 0.400. The maximum Gasteiger partial charge on any atom is 0.252 e. The summed E-state index contributed by atoms with van der Waals surface area (Å²) in [6, 6.07) is 8.07. The van der Waals surface area contributed by atoms with Crippen LogP contribution >= 0.6 is 11.3 Å². The highest BCUT2D eigenvalue weighted by Crippen LogP contribution is 2.21. The Morgan fingerprint density at radius 2 is 1.89 bits per heavy atom. The van der Waals surface area contributed by atoms with Gasteiger partial charge in [-0.05, 0) is 29.1 Å². The lowest BCUT2D eigenvalue weighted by atomic mass is 10.0. The number of halogens is 1. The average molecular weight is 405 g/mol. The van der Waals surface area contributed by atoms with Gasteiger partial charge in [-0.3, -0.25) is 14.5 Å². The molecule has 1 aromatic carbocycles. The predicted octanol–water partition coefficient (Wildman–Crippen LogP) is 2.20. The molecule has 1 aliphatic heterocycles. The van der Waals surface area contributed by atoms with Crippen LogP contribution in [0.5, 0.6) is 0 Å². The maximum absolute atomic E-state index is 13.3. The summed E-state index contributed by atoms with van der Waals surface area (Å²) in [6.45, 7) is 3.49. The third-order valence-electron chi connectivity index (χ3n) is 4.65. The molecule has 1 unspecified atom stereocenters. The molecule has 0 spiro atoms. The van der Waals surface area contributed by atoms with Crippen LogP contribution in [-0.4, -0.2) is 56.1 Å². The summed E-state index contributed by atoms with van der Waals surface area (Å²) < 4.78 is 18.7. The lowest BCUT2D eigenvalue weighted by Crippen LogP contribution is -2.44. The van der Waals surface area contributed by atoms with E-state index in [1.165, 1.54) is 23.5 Å². The molecule has 2 N–H and O–H groups in total. The van der Waals surface area contributed by atoms with Gasteiger partial charge in [-0.1, -0.05) is 12.1 Å². The molecule has 1 atom stereocenters. The molecule has 0 aliphatic carbocycles. The highest BCUT2D eigenvalue weighted by atomic mass is 32.1. The van der Waals surface area contributed by atoms with Gasteiger partial charge < -0.3 is 15.4 Å². The van der Waals surface area contributed by atoms with E-state index in [4.69, 9.17) is 4.74 Å². The van der Waals surface area contributed by atoms with Gasteiger partial charge in [0.1, 0.15) is 5.82 Å². The molecule has 0 bridgehead atoms. The van der Waals surface area contributed by atoms with E-state index < -0.39 is 0 Å². The minimum Gasteiger partial charge on any atom is -0.379 e. The van der Waals surface area contributed by atoms with Crippen LogP contribution in [0.25, 0.3) is 0 Å². The van der Waals surface area contributed by atoms with E-state index in [0.717, 1.165) is 18.7 Å². The molecule has 8 heteroatoms. The van der Waals surface area contributed by atoms with E-state index in [0.29, 0.717) is 25.3 Å². The van der Waals surface area contributed by atoms with Crippen LogP contribution in [0, 0.1) is 5.82 Å². The van der Waals surface area contributed by atoms with Gasteiger partial charge in [0.2, 0.25) is 5.91 Å². The molecule has 1 saturated heterocycles. The zero-order chi connectivity index (χ0) is 19.8. The van der Waals surface area contributed by atoms with Crippen molar-refractivity contribution in [1.82, 2.24) is 15.5 Å². The van der Waals surface area contributed by atoms with E-state index >= 15 is 0 Å². The normalized spacial score (nSPS) is 15.8. The molecule has 1 fully saturated rings. The summed E-state index contributed by atoms with van der Waals surface area (Å²) in [6.07, 6.45) is 0.203. The van der Waals surface area contributed by atoms with Crippen molar-refractivity contribution in [3.8, 4) is 0 Å². The molecule has 2 aromatic rings. The molecule has 28 heavy (non-hydrogen) atoms. The molecular formula is C20H24FN3O3S. The van der Waals surface area contributed by atoms with Crippen LogP contribution < -0.4 is 10.6 Å². The highest BCUT2D eigenvalue weighted by Gasteiger charge is 2.23. The Bertz CT molecular complexity index is 762. The smallest absolute Gasteiger partial charge is 0.252 e. The number of nitrogens with one attached hydrogen (secondary N) is 2. The molecule has 0 radical (unpaired) electrons. The highest BCUT2D eigenvalue weighted by molar-refractivity contribution is 7.08. The summed E-state index contributed by atoms with van der Waals surface area (Å²) in [4.78, 5) is 26.3. The van der Waals surface area contributed by atoms with Crippen LogP contribution in [0.4, 0.5) is 4.39 Å². The zero-order valence-electron chi connectivity index (χ0n) is 15.5. The minimum absolute atomic E-state index is 0.0474. The Labute approximate surface area is 167 Å². The van der Waals surface area contributed by atoms with Crippen molar-refractivity contribution in [2.45, 2.75) is 12.5 Å². The minimum atomic E-state index is -0.283. The van der Waals surface area contributed by atoms with E-state index in [1.807, 2.05) is 5.38 Å². The number of hydrogen-bond donors (Lipinski definition) is 2. The first kappa shape index (κ1) is 20.4. The second-order valence-corrected chi connectivity index (χ2v) is 7.32. The van der Waals surface area contributed by atoms with Crippen molar-refractivity contribution >= 4 is 23.2 Å². The van der Waals surface area contributed by atoms with Gasteiger partial charge in [0.05, 0.1) is 19.3 Å². The molecule has 1 aliphatic rings. The number of carbonyl (C=O) groups is 2. The fourth-order valence-electron chi connectivity index (χ4n) is 3.12. The van der Waals surface area contributed by atoms with Crippen molar-refractivity contribution in [2.24, 2.45) is 0 Å². The Kier molecular flexibility index (Phi) is 7.53.